The summed E-state index contributed by atoms with van der Waals surface area (Å²) in [4.78, 5) is 27.2. The molecule has 4 aromatic heterocycles. The normalized spacial score (nSPS) is 13.3. The molecule has 3 aromatic carbocycles. The van der Waals surface area contributed by atoms with Gasteiger partial charge in [0.2, 0.25) is 0 Å². The van der Waals surface area contributed by atoms with Crippen LogP contribution in [0.15, 0.2) is 48.9 Å². The molecule has 0 spiro atoms. The van der Waals surface area contributed by atoms with Crippen LogP contribution in [0.3, 0.4) is 0 Å². The smallest absolute Gasteiger partial charge is 0.116 e. The zero-order valence-electron chi connectivity index (χ0n) is 21.5. The predicted molar refractivity (Wildman–Crippen MR) is 156 cm³/mol. The first kappa shape index (κ1) is 21.9. The van der Waals surface area contributed by atoms with Gasteiger partial charge in [0.25, 0.3) is 0 Å². The number of aryl methyl sites for hydroxylation is 3. The standard InChI is InChI=1S/C31H26N6S/c1-4-25-35-28-19-7-5-16(11-21(19)22-13-32-14-33-27(22)29(28)36-25)24-12-17-6-8-18-20(30(17)38-24)9-10-23-26(18)37-31(34-23)15(2)3/h5-8,11-15H,4,9-10H2,1-3H3,(H,34,37)(H,35,36). The third-order valence-electron chi connectivity index (χ3n) is 7.90. The van der Waals surface area contributed by atoms with Gasteiger partial charge in [-0.05, 0) is 46.9 Å². The number of aromatic nitrogens is 6. The van der Waals surface area contributed by atoms with Gasteiger partial charge < -0.3 is 9.97 Å². The molecule has 0 bridgehead atoms. The molecule has 6 nitrogen and oxygen atoms in total. The molecule has 0 saturated heterocycles. The third-order valence-corrected chi connectivity index (χ3v) is 9.16. The van der Waals surface area contributed by atoms with Crippen LogP contribution in [0.25, 0.3) is 64.5 Å². The minimum Gasteiger partial charge on any atom is -0.345 e. The van der Waals surface area contributed by atoms with E-state index in [4.69, 9.17) is 9.97 Å². The van der Waals surface area contributed by atoms with E-state index in [0.717, 1.165) is 69.3 Å². The average Bonchev–Trinajstić information content (AvgIpc) is 3.69. The molecule has 38 heavy (non-hydrogen) atoms. The molecule has 0 amide bonds. The molecule has 0 atom stereocenters. The fourth-order valence-corrected chi connectivity index (χ4v) is 7.17. The number of H-pyrrole nitrogens is 2. The number of nitrogens with one attached hydrogen (secondary N) is 2. The zero-order chi connectivity index (χ0) is 25.5. The van der Waals surface area contributed by atoms with E-state index in [-0.39, 0.29) is 0 Å². The Bertz CT molecular complexity index is 2060. The maximum Gasteiger partial charge on any atom is 0.116 e. The molecule has 186 valence electrons. The van der Waals surface area contributed by atoms with Crippen molar-refractivity contribution in [1.82, 2.24) is 29.9 Å². The molecule has 4 heterocycles. The van der Waals surface area contributed by atoms with Gasteiger partial charge in [0, 0.05) is 50.1 Å². The summed E-state index contributed by atoms with van der Waals surface area (Å²) in [7, 11) is 0. The summed E-state index contributed by atoms with van der Waals surface area (Å²) >= 11 is 1.89. The molecule has 1 aliphatic carbocycles. The number of hydrogen-bond donors (Lipinski definition) is 2. The van der Waals surface area contributed by atoms with Gasteiger partial charge in [0.1, 0.15) is 18.0 Å². The molecule has 0 saturated carbocycles. The van der Waals surface area contributed by atoms with Crippen molar-refractivity contribution in [2.75, 3.05) is 0 Å². The topological polar surface area (TPSA) is 83.1 Å². The second kappa shape index (κ2) is 7.95. The van der Waals surface area contributed by atoms with Crippen LogP contribution in [0.5, 0.6) is 0 Å². The van der Waals surface area contributed by atoms with Crippen molar-refractivity contribution in [2.24, 2.45) is 0 Å². The van der Waals surface area contributed by atoms with Crippen LogP contribution < -0.4 is 0 Å². The summed E-state index contributed by atoms with van der Waals surface area (Å²) < 4.78 is 1.38. The van der Waals surface area contributed by atoms with E-state index in [2.05, 4.69) is 77.1 Å². The van der Waals surface area contributed by atoms with E-state index in [1.54, 1.807) is 6.33 Å². The summed E-state index contributed by atoms with van der Waals surface area (Å²) in [5.41, 5.74) is 9.23. The van der Waals surface area contributed by atoms with Crippen LogP contribution in [0, 0.1) is 0 Å². The van der Waals surface area contributed by atoms with Crippen molar-refractivity contribution in [3.63, 3.8) is 0 Å². The van der Waals surface area contributed by atoms with E-state index >= 15 is 0 Å². The zero-order valence-corrected chi connectivity index (χ0v) is 22.3. The highest BCUT2D eigenvalue weighted by molar-refractivity contribution is 7.22. The van der Waals surface area contributed by atoms with Crippen LogP contribution in [0.2, 0.25) is 0 Å². The largest absolute Gasteiger partial charge is 0.345 e. The summed E-state index contributed by atoms with van der Waals surface area (Å²) in [6.07, 6.45) is 6.44. The lowest BCUT2D eigenvalue weighted by molar-refractivity contribution is 0.787. The fraction of sp³-hybridized carbons (Fsp3) is 0.226. The third kappa shape index (κ3) is 3.05. The minimum atomic E-state index is 0.395. The highest BCUT2D eigenvalue weighted by Gasteiger charge is 2.24. The molecule has 0 fully saturated rings. The van der Waals surface area contributed by atoms with E-state index < -0.39 is 0 Å². The number of imidazole rings is 2. The molecular formula is C31H26N6S. The number of hydrogen-bond acceptors (Lipinski definition) is 5. The van der Waals surface area contributed by atoms with Crippen molar-refractivity contribution >= 4 is 54.1 Å². The second-order valence-electron chi connectivity index (χ2n) is 10.5. The Hall–Kier alpha value is -4.10. The van der Waals surface area contributed by atoms with Gasteiger partial charge in [0.05, 0.1) is 22.2 Å². The van der Waals surface area contributed by atoms with Crippen molar-refractivity contribution < 1.29 is 0 Å². The van der Waals surface area contributed by atoms with Gasteiger partial charge in [-0.15, -0.1) is 11.3 Å². The highest BCUT2D eigenvalue weighted by atomic mass is 32.1. The fourth-order valence-electron chi connectivity index (χ4n) is 5.94. The van der Waals surface area contributed by atoms with E-state index in [9.17, 15) is 0 Å². The number of thiophene rings is 1. The molecule has 7 aromatic rings. The molecular weight excluding hydrogens is 488 g/mol. The van der Waals surface area contributed by atoms with Gasteiger partial charge in [-0.2, -0.15) is 0 Å². The lowest BCUT2D eigenvalue weighted by atomic mass is 9.91. The average molecular weight is 515 g/mol. The van der Waals surface area contributed by atoms with E-state index in [1.807, 2.05) is 17.5 Å². The number of rotatable bonds is 3. The molecule has 0 aliphatic heterocycles. The Morgan fingerprint density at radius 3 is 2.74 bits per heavy atom. The summed E-state index contributed by atoms with van der Waals surface area (Å²) in [5.74, 6) is 2.46. The molecule has 0 radical (unpaired) electrons. The van der Waals surface area contributed by atoms with Crippen molar-refractivity contribution in [3.8, 4) is 21.7 Å². The summed E-state index contributed by atoms with van der Waals surface area (Å²) in [5, 5.41) is 4.62. The molecule has 1 aliphatic rings. The number of nitrogens with zero attached hydrogens (tertiary/aromatic N) is 4. The SMILES string of the molecule is CCc1nc2c3ccc(-c4cc5ccc6c(c5s4)CCc4[nH]c(C(C)C)nc4-6)cc3c3cncnc3c2[nH]1. The Morgan fingerprint density at radius 1 is 0.947 bits per heavy atom. The van der Waals surface area contributed by atoms with Crippen LogP contribution in [-0.4, -0.2) is 29.9 Å². The lowest BCUT2D eigenvalue weighted by Gasteiger charge is -2.15. The van der Waals surface area contributed by atoms with Gasteiger partial charge in [0.15, 0.2) is 0 Å². The quantitative estimate of drug-likeness (QED) is 0.237. The maximum atomic E-state index is 4.99. The number of fused-ring (bicyclic) bond motifs is 11. The van der Waals surface area contributed by atoms with Crippen LogP contribution in [-0.2, 0) is 19.3 Å². The lowest BCUT2D eigenvalue weighted by Crippen LogP contribution is -2.03. The molecule has 2 N–H and O–H groups in total. The van der Waals surface area contributed by atoms with Gasteiger partial charge in [-0.3, -0.25) is 0 Å². The first-order chi connectivity index (χ1) is 18.6. The van der Waals surface area contributed by atoms with Crippen LogP contribution in [0.1, 0.15) is 49.6 Å². The Balaban J connectivity index is 1.32. The van der Waals surface area contributed by atoms with Gasteiger partial charge >= 0.3 is 0 Å². The first-order valence-electron chi connectivity index (χ1n) is 13.3. The molecule has 7 heteroatoms. The molecule has 8 rings (SSSR count). The van der Waals surface area contributed by atoms with Gasteiger partial charge in [-0.1, -0.05) is 45.0 Å². The highest BCUT2D eigenvalue weighted by Crippen LogP contribution is 2.43. The van der Waals surface area contributed by atoms with Gasteiger partial charge in [-0.25, -0.2) is 19.9 Å². The second-order valence-corrected chi connectivity index (χ2v) is 11.6. The Morgan fingerprint density at radius 2 is 1.87 bits per heavy atom. The van der Waals surface area contributed by atoms with Crippen molar-refractivity contribution in [1.29, 1.82) is 0 Å². The summed E-state index contributed by atoms with van der Waals surface area (Å²) in [6, 6.07) is 13.6. The minimum absolute atomic E-state index is 0.395. The first-order valence-corrected chi connectivity index (χ1v) is 14.1. The van der Waals surface area contributed by atoms with E-state index in [1.165, 1.54) is 37.3 Å². The van der Waals surface area contributed by atoms with E-state index in [0.29, 0.717) is 5.92 Å². The Kier molecular flexibility index (Phi) is 4.59. The van der Waals surface area contributed by atoms with Crippen molar-refractivity contribution in [2.45, 2.75) is 46.0 Å². The summed E-state index contributed by atoms with van der Waals surface area (Å²) in [6.45, 7) is 6.50. The monoisotopic (exact) mass is 514 g/mol. The maximum absolute atomic E-state index is 4.99. The number of benzene rings is 3. The van der Waals surface area contributed by atoms with Crippen LogP contribution in [0.4, 0.5) is 0 Å². The van der Waals surface area contributed by atoms with Crippen molar-refractivity contribution in [3.05, 3.63) is 71.8 Å². The predicted octanol–water partition coefficient (Wildman–Crippen LogP) is 7.72. The number of aromatic amines is 2. The van der Waals surface area contributed by atoms with Crippen LogP contribution >= 0.6 is 11.3 Å². The molecule has 0 unspecified atom stereocenters. The Labute approximate surface area is 223 Å².